The molecule has 0 heterocycles. The van der Waals surface area contributed by atoms with Crippen molar-refractivity contribution >= 4 is 28.4 Å². The number of carbonyl (C=O) groups is 2. The summed E-state index contributed by atoms with van der Waals surface area (Å²) in [7, 11) is -2.68. The lowest BCUT2D eigenvalue weighted by Gasteiger charge is -2.37. The van der Waals surface area contributed by atoms with Gasteiger partial charge in [0.2, 0.25) is 0 Å². The lowest BCUT2D eigenvalue weighted by atomic mass is 10.3. The standard InChI is InChI=1S/C10H21O7PS/c1-5-16-9(11)7-8(10(12)17-6-2)19(3,4)18(13,14)15/h8H,5-7H2,1-4H3,(H2,13,14,15). The van der Waals surface area contributed by atoms with Crippen LogP contribution in [-0.2, 0) is 23.6 Å². The molecule has 0 radical (unpaired) electrons. The molecular formula is C10H21O7PS. The number of rotatable bonds is 7. The smallest absolute Gasteiger partial charge is 0.367 e. The minimum atomic E-state index is -4.50. The van der Waals surface area contributed by atoms with E-state index in [1.54, 1.807) is 13.8 Å². The Hall–Kier alpha value is -0.560. The normalized spacial score (nSPS) is 14.6. The molecule has 1 unspecified atom stereocenters. The van der Waals surface area contributed by atoms with Gasteiger partial charge in [-0.3, -0.25) is 9.59 Å². The second-order valence-corrected chi connectivity index (χ2v) is 12.6. The highest BCUT2D eigenvalue weighted by Gasteiger charge is 2.45. The molecule has 0 aromatic carbocycles. The molecule has 0 saturated carbocycles. The summed E-state index contributed by atoms with van der Waals surface area (Å²) >= 11 is 0. The van der Waals surface area contributed by atoms with Gasteiger partial charge in [0, 0.05) is 0 Å². The van der Waals surface area contributed by atoms with Gasteiger partial charge in [-0.1, -0.05) is 0 Å². The van der Waals surface area contributed by atoms with E-state index in [1.165, 1.54) is 12.5 Å². The van der Waals surface area contributed by atoms with Gasteiger partial charge in [0.1, 0.15) is 5.25 Å². The zero-order valence-electron chi connectivity index (χ0n) is 11.5. The van der Waals surface area contributed by atoms with Gasteiger partial charge in [-0.25, -0.2) is 4.57 Å². The molecule has 114 valence electrons. The Kier molecular flexibility index (Phi) is 7.07. The van der Waals surface area contributed by atoms with Crippen molar-refractivity contribution in [2.45, 2.75) is 25.5 Å². The van der Waals surface area contributed by atoms with Crippen molar-refractivity contribution in [2.75, 3.05) is 25.7 Å². The van der Waals surface area contributed by atoms with Crippen LogP contribution in [0.4, 0.5) is 0 Å². The summed E-state index contributed by atoms with van der Waals surface area (Å²) in [6.45, 7) is -1.09. The molecule has 1 atom stereocenters. The number of hydrogen-bond donors (Lipinski definition) is 2. The second-order valence-electron chi connectivity index (χ2n) is 4.09. The first-order chi connectivity index (χ1) is 8.57. The summed E-state index contributed by atoms with van der Waals surface area (Å²) in [5, 5.41) is -1.17. The molecule has 0 aromatic rings. The fourth-order valence-corrected chi connectivity index (χ4v) is 4.19. The zero-order chi connectivity index (χ0) is 15.3. The molecular weight excluding hydrogens is 295 g/mol. The molecule has 0 amide bonds. The largest absolute Gasteiger partial charge is 0.466 e. The Morgan fingerprint density at radius 3 is 2.00 bits per heavy atom. The van der Waals surface area contributed by atoms with Crippen LogP contribution in [0.1, 0.15) is 20.3 Å². The summed E-state index contributed by atoms with van der Waals surface area (Å²) in [6, 6.07) is 0. The Morgan fingerprint density at radius 1 is 1.16 bits per heavy atom. The molecule has 0 bridgehead atoms. The third kappa shape index (κ3) is 5.14. The lowest BCUT2D eigenvalue weighted by Crippen LogP contribution is -2.31. The first-order valence-electron chi connectivity index (χ1n) is 5.68. The van der Waals surface area contributed by atoms with Gasteiger partial charge in [-0.15, -0.1) is 9.65 Å². The lowest BCUT2D eigenvalue weighted by molar-refractivity contribution is -0.149. The van der Waals surface area contributed by atoms with Crippen molar-refractivity contribution in [3.05, 3.63) is 0 Å². The monoisotopic (exact) mass is 316 g/mol. The topological polar surface area (TPSA) is 110 Å². The summed E-state index contributed by atoms with van der Waals surface area (Å²) in [5.41, 5.74) is 0. The van der Waals surface area contributed by atoms with Crippen LogP contribution >= 0.6 is 16.4 Å². The van der Waals surface area contributed by atoms with E-state index in [0.29, 0.717) is 0 Å². The molecule has 9 heteroatoms. The molecule has 0 aromatic heterocycles. The van der Waals surface area contributed by atoms with Crippen LogP contribution in [0.3, 0.4) is 0 Å². The summed E-state index contributed by atoms with van der Waals surface area (Å²) in [4.78, 5) is 42.0. The summed E-state index contributed by atoms with van der Waals surface area (Å²) in [6.07, 6.45) is 2.24. The highest BCUT2D eigenvalue weighted by molar-refractivity contribution is 8.76. The van der Waals surface area contributed by atoms with Crippen LogP contribution in [0.15, 0.2) is 0 Å². The van der Waals surface area contributed by atoms with Crippen LogP contribution < -0.4 is 0 Å². The average Bonchev–Trinajstić information content (AvgIpc) is 2.24. The van der Waals surface area contributed by atoms with Crippen molar-refractivity contribution < 1.29 is 33.4 Å². The molecule has 0 saturated heterocycles. The first kappa shape index (κ1) is 18.4. The van der Waals surface area contributed by atoms with Gasteiger partial charge in [-0.05, 0) is 26.4 Å². The van der Waals surface area contributed by atoms with E-state index in [-0.39, 0.29) is 19.6 Å². The molecule has 2 N–H and O–H groups in total. The van der Waals surface area contributed by atoms with E-state index in [4.69, 9.17) is 9.47 Å². The van der Waals surface area contributed by atoms with Gasteiger partial charge in [-0.2, -0.15) is 0 Å². The van der Waals surface area contributed by atoms with Gasteiger partial charge in [0.25, 0.3) is 0 Å². The maximum absolute atomic E-state index is 11.8. The Morgan fingerprint density at radius 2 is 1.63 bits per heavy atom. The summed E-state index contributed by atoms with van der Waals surface area (Å²) in [5.74, 6) is -1.45. The third-order valence-corrected chi connectivity index (χ3v) is 9.94. The summed E-state index contributed by atoms with van der Waals surface area (Å²) < 4.78 is 21.0. The second kappa shape index (κ2) is 7.28. The molecule has 0 aliphatic carbocycles. The van der Waals surface area contributed by atoms with Gasteiger partial charge >= 0.3 is 18.7 Å². The van der Waals surface area contributed by atoms with Crippen LogP contribution in [0.2, 0.25) is 0 Å². The van der Waals surface area contributed by atoms with E-state index >= 15 is 0 Å². The average molecular weight is 316 g/mol. The highest BCUT2D eigenvalue weighted by atomic mass is 32.8. The molecule has 0 spiro atoms. The van der Waals surface area contributed by atoms with Crippen molar-refractivity contribution in [1.82, 2.24) is 0 Å². The van der Waals surface area contributed by atoms with Crippen LogP contribution in [0, 0.1) is 0 Å². The van der Waals surface area contributed by atoms with Crippen LogP contribution in [-0.4, -0.2) is 52.7 Å². The number of hydrogen-bond acceptors (Lipinski definition) is 5. The van der Waals surface area contributed by atoms with E-state index in [2.05, 4.69) is 0 Å². The first-order valence-corrected chi connectivity index (χ1v) is 10.4. The van der Waals surface area contributed by atoms with Crippen LogP contribution in [0.5, 0.6) is 0 Å². The van der Waals surface area contributed by atoms with Crippen LogP contribution in [0.25, 0.3) is 0 Å². The fraction of sp³-hybridized carbons (Fsp3) is 0.800. The third-order valence-electron chi connectivity index (χ3n) is 2.52. The van der Waals surface area contributed by atoms with Gasteiger partial charge < -0.3 is 19.3 Å². The highest BCUT2D eigenvalue weighted by Crippen LogP contribution is 2.75. The number of ether oxygens (including phenoxy) is 2. The fourth-order valence-electron chi connectivity index (χ4n) is 1.29. The number of esters is 2. The van der Waals surface area contributed by atoms with E-state index in [0.717, 1.165) is 0 Å². The molecule has 0 rings (SSSR count). The van der Waals surface area contributed by atoms with Gasteiger partial charge in [0.15, 0.2) is 0 Å². The van der Waals surface area contributed by atoms with E-state index < -0.39 is 33.6 Å². The van der Waals surface area contributed by atoms with Crippen molar-refractivity contribution in [3.8, 4) is 0 Å². The molecule has 0 fully saturated rings. The van der Waals surface area contributed by atoms with E-state index in [1.807, 2.05) is 0 Å². The minimum Gasteiger partial charge on any atom is -0.466 e. The van der Waals surface area contributed by atoms with Gasteiger partial charge in [0.05, 0.1) is 19.6 Å². The predicted octanol–water partition coefficient (Wildman–Crippen LogP) is 1.03. The predicted molar refractivity (Wildman–Crippen MR) is 73.2 cm³/mol. The van der Waals surface area contributed by atoms with Crippen molar-refractivity contribution in [1.29, 1.82) is 0 Å². The maximum Gasteiger partial charge on any atom is 0.367 e. The molecule has 7 nitrogen and oxygen atoms in total. The molecule has 0 aliphatic heterocycles. The van der Waals surface area contributed by atoms with Crippen molar-refractivity contribution in [2.24, 2.45) is 0 Å². The Labute approximate surface area is 113 Å². The Balaban J connectivity index is 5.23. The van der Waals surface area contributed by atoms with Crippen molar-refractivity contribution in [3.63, 3.8) is 0 Å². The Bertz CT molecular complexity index is 376. The SMILES string of the molecule is CCOC(=O)CC(C(=O)OCC)S(C)(C)P(=O)(O)O. The minimum absolute atomic E-state index is 0.0782. The maximum atomic E-state index is 11.8. The molecule has 0 aliphatic rings. The zero-order valence-corrected chi connectivity index (χ0v) is 13.2. The van der Waals surface area contributed by atoms with E-state index in [9.17, 15) is 23.9 Å². The number of carbonyl (C=O) groups excluding carboxylic acids is 2. The quantitative estimate of drug-likeness (QED) is 0.533. The molecule has 19 heavy (non-hydrogen) atoms.